The molecule has 5 heteroatoms. The molecule has 0 aliphatic carbocycles. The Bertz CT molecular complexity index is 568. The van der Waals surface area contributed by atoms with E-state index in [-0.39, 0.29) is 18.4 Å². The molecule has 102 valence electrons. The Labute approximate surface area is 117 Å². The smallest absolute Gasteiger partial charge is 0.269 e. The zero-order valence-corrected chi connectivity index (χ0v) is 11.7. The van der Waals surface area contributed by atoms with Crippen LogP contribution >= 0.6 is 11.6 Å². The highest BCUT2D eigenvalue weighted by atomic mass is 35.5. The van der Waals surface area contributed by atoms with E-state index in [2.05, 4.69) is 5.32 Å². The lowest BCUT2D eigenvalue weighted by Gasteiger charge is -2.10. The van der Waals surface area contributed by atoms with Gasteiger partial charge in [-0.25, -0.2) is 0 Å². The minimum absolute atomic E-state index is 0.0254. The van der Waals surface area contributed by atoms with Crippen molar-refractivity contribution in [2.75, 3.05) is 13.2 Å². The zero-order chi connectivity index (χ0) is 14.0. The molecule has 0 radical (unpaired) electrons. The number of aliphatic hydroxyl groups excluding tert-OH is 1. The van der Waals surface area contributed by atoms with E-state index in [9.17, 15) is 4.79 Å². The number of benzene rings is 1. The lowest BCUT2D eigenvalue weighted by molar-refractivity contribution is 0.0935. The van der Waals surface area contributed by atoms with E-state index in [0.29, 0.717) is 17.3 Å². The summed E-state index contributed by atoms with van der Waals surface area (Å²) in [7, 11) is 1.82. The van der Waals surface area contributed by atoms with E-state index in [4.69, 9.17) is 16.7 Å². The maximum absolute atomic E-state index is 12.2. The maximum atomic E-state index is 12.2. The van der Waals surface area contributed by atoms with E-state index in [1.165, 1.54) is 0 Å². The Morgan fingerprint density at radius 3 is 2.79 bits per heavy atom. The number of para-hydroxylation sites is 1. The Balaban J connectivity index is 2.32. The molecule has 19 heavy (non-hydrogen) atoms. The third-order valence-corrected chi connectivity index (χ3v) is 3.57. The summed E-state index contributed by atoms with van der Waals surface area (Å²) in [4.78, 5) is 12.2. The highest BCUT2D eigenvalue weighted by Crippen LogP contribution is 2.29. The number of carbonyl (C=O) groups is 1. The summed E-state index contributed by atoms with van der Waals surface area (Å²) >= 11 is 6.28. The fourth-order valence-corrected chi connectivity index (χ4v) is 2.39. The summed E-state index contributed by atoms with van der Waals surface area (Å²) in [5.41, 5.74) is 1.38. The standard InChI is InChI=1S/C14H17ClN2O2/c1-9(8-18)7-16-14(19)13-12(15)10-5-3-4-6-11(10)17(13)2/h3-6,9,18H,7-8H2,1-2H3,(H,16,19). The summed E-state index contributed by atoms with van der Waals surface area (Å²) in [6, 6.07) is 7.62. The van der Waals surface area contributed by atoms with E-state index in [0.717, 1.165) is 10.9 Å². The van der Waals surface area contributed by atoms with Gasteiger partial charge < -0.3 is 15.0 Å². The largest absolute Gasteiger partial charge is 0.396 e. The van der Waals surface area contributed by atoms with Crippen molar-refractivity contribution in [3.8, 4) is 0 Å². The molecule has 0 aliphatic heterocycles. The van der Waals surface area contributed by atoms with Crippen LogP contribution in [0.4, 0.5) is 0 Å². The minimum Gasteiger partial charge on any atom is -0.396 e. The van der Waals surface area contributed by atoms with Crippen molar-refractivity contribution in [2.45, 2.75) is 6.92 Å². The number of nitrogens with one attached hydrogen (secondary N) is 1. The van der Waals surface area contributed by atoms with Crippen molar-refractivity contribution in [3.05, 3.63) is 35.0 Å². The topological polar surface area (TPSA) is 54.3 Å². The summed E-state index contributed by atoms with van der Waals surface area (Å²) in [6.07, 6.45) is 0. The van der Waals surface area contributed by atoms with Crippen molar-refractivity contribution < 1.29 is 9.90 Å². The quantitative estimate of drug-likeness (QED) is 0.902. The molecular formula is C14H17ClN2O2. The van der Waals surface area contributed by atoms with E-state index in [1.54, 1.807) is 4.57 Å². The highest BCUT2D eigenvalue weighted by Gasteiger charge is 2.19. The van der Waals surface area contributed by atoms with E-state index in [1.807, 2.05) is 38.2 Å². The number of hydrogen-bond donors (Lipinski definition) is 2. The van der Waals surface area contributed by atoms with Crippen molar-refractivity contribution in [2.24, 2.45) is 13.0 Å². The number of aliphatic hydroxyl groups is 1. The van der Waals surface area contributed by atoms with Crippen molar-refractivity contribution in [1.82, 2.24) is 9.88 Å². The molecule has 1 unspecified atom stereocenters. The van der Waals surface area contributed by atoms with Gasteiger partial charge in [-0.15, -0.1) is 0 Å². The molecule has 1 aromatic carbocycles. The molecule has 2 aromatic rings. The summed E-state index contributed by atoms with van der Waals surface area (Å²) in [5, 5.41) is 13.1. The fourth-order valence-electron chi connectivity index (χ4n) is 2.01. The van der Waals surface area contributed by atoms with Crippen LogP contribution in [0, 0.1) is 5.92 Å². The van der Waals surface area contributed by atoms with Gasteiger partial charge in [-0.05, 0) is 12.0 Å². The molecule has 1 aromatic heterocycles. The second kappa shape index (κ2) is 5.63. The molecule has 1 amide bonds. The Kier molecular flexibility index (Phi) is 4.12. The van der Waals surface area contributed by atoms with Gasteiger partial charge >= 0.3 is 0 Å². The van der Waals surface area contributed by atoms with Gasteiger partial charge in [0.1, 0.15) is 5.69 Å². The van der Waals surface area contributed by atoms with Crippen LogP contribution in [0.3, 0.4) is 0 Å². The SMILES string of the molecule is CC(CO)CNC(=O)c1c(Cl)c2ccccc2n1C. The first-order chi connectivity index (χ1) is 9.06. The molecular weight excluding hydrogens is 264 g/mol. The number of nitrogens with zero attached hydrogens (tertiary/aromatic N) is 1. The van der Waals surface area contributed by atoms with E-state index < -0.39 is 0 Å². The zero-order valence-electron chi connectivity index (χ0n) is 11.0. The van der Waals surface area contributed by atoms with Gasteiger partial charge in [0.15, 0.2) is 0 Å². The highest BCUT2D eigenvalue weighted by molar-refractivity contribution is 6.38. The summed E-state index contributed by atoms with van der Waals surface area (Å²) in [5.74, 6) is -0.193. The number of aromatic nitrogens is 1. The summed E-state index contributed by atoms with van der Waals surface area (Å²) in [6.45, 7) is 2.33. The number of rotatable bonds is 4. The van der Waals surface area contributed by atoms with Crippen molar-refractivity contribution in [1.29, 1.82) is 0 Å². The molecule has 2 N–H and O–H groups in total. The lowest BCUT2D eigenvalue weighted by Crippen LogP contribution is -2.31. The van der Waals surface area contributed by atoms with Crippen LogP contribution < -0.4 is 5.32 Å². The van der Waals surface area contributed by atoms with Crippen molar-refractivity contribution >= 4 is 28.4 Å². The maximum Gasteiger partial charge on any atom is 0.269 e. The third kappa shape index (κ3) is 2.60. The van der Waals surface area contributed by atoms with Crippen LogP contribution in [0.5, 0.6) is 0 Å². The average Bonchev–Trinajstić information content (AvgIpc) is 2.68. The molecule has 4 nitrogen and oxygen atoms in total. The molecule has 0 aliphatic rings. The van der Waals surface area contributed by atoms with Gasteiger partial charge in [0, 0.05) is 31.1 Å². The molecule has 0 bridgehead atoms. The average molecular weight is 281 g/mol. The predicted molar refractivity (Wildman–Crippen MR) is 76.5 cm³/mol. The van der Waals surface area contributed by atoms with E-state index >= 15 is 0 Å². The van der Waals surface area contributed by atoms with Gasteiger partial charge in [0.25, 0.3) is 5.91 Å². The first-order valence-corrected chi connectivity index (χ1v) is 6.56. The molecule has 0 spiro atoms. The van der Waals surface area contributed by atoms with Crippen LogP contribution in [0.15, 0.2) is 24.3 Å². The molecule has 0 fully saturated rings. The van der Waals surface area contributed by atoms with Crippen LogP contribution in [-0.4, -0.2) is 28.7 Å². The molecule has 2 rings (SSSR count). The van der Waals surface area contributed by atoms with Crippen LogP contribution in [0.1, 0.15) is 17.4 Å². The third-order valence-electron chi connectivity index (χ3n) is 3.18. The van der Waals surface area contributed by atoms with Gasteiger partial charge in [-0.2, -0.15) is 0 Å². The number of halogens is 1. The Morgan fingerprint density at radius 2 is 2.16 bits per heavy atom. The molecule has 0 saturated heterocycles. The normalized spacial score (nSPS) is 12.6. The minimum atomic E-state index is -0.219. The monoisotopic (exact) mass is 280 g/mol. The summed E-state index contributed by atoms with van der Waals surface area (Å²) < 4.78 is 1.79. The van der Waals surface area contributed by atoms with Gasteiger partial charge in [-0.1, -0.05) is 36.7 Å². The van der Waals surface area contributed by atoms with Crippen LogP contribution in [-0.2, 0) is 7.05 Å². The fraction of sp³-hybridized carbons (Fsp3) is 0.357. The molecule has 1 atom stereocenters. The first-order valence-electron chi connectivity index (χ1n) is 6.18. The second-order valence-corrected chi connectivity index (χ2v) is 5.11. The Hall–Kier alpha value is -1.52. The number of fused-ring (bicyclic) bond motifs is 1. The van der Waals surface area contributed by atoms with Gasteiger partial charge in [0.2, 0.25) is 0 Å². The second-order valence-electron chi connectivity index (χ2n) is 4.74. The Morgan fingerprint density at radius 1 is 1.47 bits per heavy atom. The van der Waals surface area contributed by atoms with Crippen LogP contribution in [0.2, 0.25) is 5.02 Å². The number of aryl methyl sites for hydroxylation is 1. The van der Waals surface area contributed by atoms with Gasteiger partial charge in [0.05, 0.1) is 5.02 Å². The predicted octanol–water partition coefficient (Wildman–Crippen LogP) is 2.19. The number of hydrogen-bond acceptors (Lipinski definition) is 2. The van der Waals surface area contributed by atoms with Gasteiger partial charge in [-0.3, -0.25) is 4.79 Å². The first kappa shape index (κ1) is 13.9. The lowest BCUT2D eigenvalue weighted by atomic mass is 10.2. The number of amides is 1. The molecule has 0 saturated carbocycles. The van der Waals surface area contributed by atoms with Crippen molar-refractivity contribution in [3.63, 3.8) is 0 Å². The van der Waals surface area contributed by atoms with Crippen LogP contribution in [0.25, 0.3) is 10.9 Å². The molecule has 1 heterocycles. The number of carbonyl (C=O) groups excluding carboxylic acids is 1.